The minimum absolute atomic E-state index is 0.108. The van der Waals surface area contributed by atoms with Crippen LogP contribution in [-0.4, -0.2) is 30.9 Å². The Bertz CT molecular complexity index is 717. The molecular weight excluding hydrogens is 316 g/mol. The first-order valence-corrected chi connectivity index (χ1v) is 8.98. The van der Waals surface area contributed by atoms with E-state index in [-0.39, 0.29) is 6.10 Å². The maximum atomic E-state index is 12.2. The second-order valence-electron chi connectivity index (χ2n) is 7.87. The molecule has 0 aliphatic carbocycles. The van der Waals surface area contributed by atoms with Crippen molar-refractivity contribution in [2.75, 3.05) is 18.4 Å². The van der Waals surface area contributed by atoms with Crippen molar-refractivity contribution in [1.82, 2.24) is 5.32 Å². The van der Waals surface area contributed by atoms with Gasteiger partial charge in [0.25, 0.3) is 0 Å². The zero-order chi connectivity index (χ0) is 18.2. The smallest absolute Gasteiger partial charge is 0.412 e. The van der Waals surface area contributed by atoms with Gasteiger partial charge in [0.05, 0.1) is 5.69 Å². The minimum Gasteiger partial charge on any atom is -0.488 e. The first-order valence-electron chi connectivity index (χ1n) is 8.98. The zero-order valence-electron chi connectivity index (χ0n) is 15.8. The molecule has 1 aromatic rings. The number of fused-ring (bicyclic) bond motifs is 1. The highest BCUT2D eigenvalue weighted by Crippen LogP contribution is 2.43. The van der Waals surface area contributed by atoms with Crippen molar-refractivity contribution in [1.29, 1.82) is 0 Å². The van der Waals surface area contributed by atoms with Crippen molar-refractivity contribution in [3.63, 3.8) is 0 Å². The summed E-state index contributed by atoms with van der Waals surface area (Å²) in [6, 6.07) is 2.00. The summed E-state index contributed by atoms with van der Waals surface area (Å²) in [6.07, 6.45) is 3.79. The van der Waals surface area contributed by atoms with Crippen molar-refractivity contribution in [3.05, 3.63) is 28.8 Å². The largest absolute Gasteiger partial charge is 0.488 e. The Balaban J connectivity index is 1.97. The molecule has 136 valence electrons. The predicted octanol–water partition coefficient (Wildman–Crippen LogP) is 4.04. The summed E-state index contributed by atoms with van der Waals surface area (Å²) >= 11 is 0. The van der Waals surface area contributed by atoms with E-state index in [1.807, 2.05) is 26.8 Å². The van der Waals surface area contributed by atoms with Crippen LogP contribution in [0, 0.1) is 6.92 Å². The lowest BCUT2D eigenvalue weighted by Crippen LogP contribution is -2.27. The number of carbonyl (C=O) groups excluding carboxylic acids is 1. The van der Waals surface area contributed by atoms with Crippen molar-refractivity contribution < 1.29 is 14.3 Å². The van der Waals surface area contributed by atoms with Crippen LogP contribution in [0.2, 0.25) is 0 Å². The summed E-state index contributed by atoms with van der Waals surface area (Å²) in [5.74, 6) is 0.790. The predicted molar refractivity (Wildman–Crippen MR) is 100 cm³/mol. The van der Waals surface area contributed by atoms with E-state index in [2.05, 4.69) is 30.6 Å². The first-order chi connectivity index (χ1) is 11.7. The Hall–Kier alpha value is -2.01. The summed E-state index contributed by atoms with van der Waals surface area (Å²) in [7, 11) is 0. The molecule has 2 heterocycles. The average Bonchev–Trinajstić information content (AvgIpc) is 2.88. The number of carbonyl (C=O) groups is 1. The lowest BCUT2D eigenvalue weighted by molar-refractivity contribution is 0.0635. The third kappa shape index (κ3) is 3.98. The number of rotatable bonds is 2. The van der Waals surface area contributed by atoms with E-state index < -0.39 is 11.7 Å². The molecule has 0 unspecified atom stereocenters. The van der Waals surface area contributed by atoms with E-state index in [4.69, 9.17) is 9.47 Å². The van der Waals surface area contributed by atoms with Crippen LogP contribution < -0.4 is 15.4 Å². The van der Waals surface area contributed by atoms with Gasteiger partial charge in [-0.25, -0.2) is 4.79 Å². The molecule has 0 radical (unpaired) electrons. The topological polar surface area (TPSA) is 59.6 Å². The first kappa shape index (κ1) is 17.8. The number of hydrogen-bond acceptors (Lipinski definition) is 4. The van der Waals surface area contributed by atoms with Crippen molar-refractivity contribution >= 4 is 17.4 Å². The molecule has 1 atom stereocenters. The molecule has 5 heteroatoms. The van der Waals surface area contributed by atoms with Gasteiger partial charge in [-0.3, -0.25) is 5.32 Å². The highest BCUT2D eigenvalue weighted by molar-refractivity contribution is 5.90. The molecule has 2 N–H and O–H groups in total. The maximum absolute atomic E-state index is 12.2. The standard InChI is InChI=1S/C20H28N2O3/c1-12-10-16(22-19(23)25-20(3,4)5)18-15(11-13(2)24-18)17(12)14-6-8-21-9-7-14/h6,10,13,21H,7-9,11H2,1-5H3,(H,22,23)/t13-/m1/s1. The SMILES string of the molecule is Cc1cc(NC(=O)OC(C)(C)C)c2c(c1C1=CCNCC1)C[C@@H](C)O2. The Morgan fingerprint density at radius 3 is 2.80 bits per heavy atom. The van der Waals surface area contributed by atoms with Crippen LogP contribution in [0.15, 0.2) is 12.1 Å². The Labute approximate surface area is 149 Å². The van der Waals surface area contributed by atoms with Gasteiger partial charge >= 0.3 is 6.09 Å². The van der Waals surface area contributed by atoms with Gasteiger partial charge in [-0.1, -0.05) is 6.08 Å². The highest BCUT2D eigenvalue weighted by Gasteiger charge is 2.29. The molecular formula is C20H28N2O3. The second kappa shape index (κ2) is 6.71. The van der Waals surface area contributed by atoms with Gasteiger partial charge in [0.1, 0.15) is 17.5 Å². The number of anilines is 1. The Morgan fingerprint density at radius 1 is 1.40 bits per heavy atom. The molecule has 25 heavy (non-hydrogen) atoms. The van der Waals surface area contributed by atoms with Gasteiger partial charge in [0, 0.05) is 18.5 Å². The fourth-order valence-corrected chi connectivity index (χ4v) is 3.53. The molecule has 0 bridgehead atoms. The lowest BCUT2D eigenvalue weighted by Gasteiger charge is -2.22. The van der Waals surface area contributed by atoms with Crippen LogP contribution in [0.5, 0.6) is 5.75 Å². The monoisotopic (exact) mass is 344 g/mol. The van der Waals surface area contributed by atoms with Gasteiger partial charge < -0.3 is 14.8 Å². The molecule has 5 nitrogen and oxygen atoms in total. The third-order valence-electron chi connectivity index (χ3n) is 4.41. The van der Waals surface area contributed by atoms with Gasteiger partial charge in [-0.2, -0.15) is 0 Å². The third-order valence-corrected chi connectivity index (χ3v) is 4.41. The van der Waals surface area contributed by atoms with Gasteiger partial charge in [0.15, 0.2) is 0 Å². The summed E-state index contributed by atoms with van der Waals surface area (Å²) in [4.78, 5) is 12.2. The fourth-order valence-electron chi connectivity index (χ4n) is 3.53. The molecule has 0 aromatic heterocycles. The van der Waals surface area contributed by atoms with Gasteiger partial charge in [-0.15, -0.1) is 0 Å². The summed E-state index contributed by atoms with van der Waals surface area (Å²) in [6.45, 7) is 11.6. The maximum Gasteiger partial charge on any atom is 0.412 e. The van der Waals surface area contributed by atoms with Crippen LogP contribution in [0.4, 0.5) is 10.5 Å². The van der Waals surface area contributed by atoms with E-state index in [0.717, 1.165) is 37.2 Å². The van der Waals surface area contributed by atoms with E-state index in [1.165, 1.54) is 16.7 Å². The van der Waals surface area contributed by atoms with Crippen molar-refractivity contribution in [2.24, 2.45) is 0 Å². The molecule has 2 aliphatic rings. The summed E-state index contributed by atoms with van der Waals surface area (Å²) in [5, 5.41) is 6.23. The summed E-state index contributed by atoms with van der Waals surface area (Å²) < 4.78 is 11.4. The number of nitrogens with one attached hydrogen (secondary N) is 2. The van der Waals surface area contributed by atoms with E-state index in [1.54, 1.807) is 0 Å². The Kier molecular flexibility index (Phi) is 4.78. The number of aryl methyl sites for hydroxylation is 1. The van der Waals surface area contributed by atoms with Crippen LogP contribution in [0.3, 0.4) is 0 Å². The van der Waals surface area contributed by atoms with Crippen molar-refractivity contribution in [2.45, 2.75) is 59.2 Å². The fraction of sp³-hybridized carbons (Fsp3) is 0.550. The van der Waals surface area contributed by atoms with E-state index in [0.29, 0.717) is 5.69 Å². The van der Waals surface area contributed by atoms with Crippen molar-refractivity contribution in [3.8, 4) is 5.75 Å². The molecule has 3 rings (SSSR count). The number of benzene rings is 1. The summed E-state index contributed by atoms with van der Waals surface area (Å²) in [5.41, 5.74) is 5.19. The van der Waals surface area contributed by atoms with E-state index >= 15 is 0 Å². The number of hydrogen-bond donors (Lipinski definition) is 2. The average molecular weight is 344 g/mol. The lowest BCUT2D eigenvalue weighted by atomic mass is 9.89. The van der Waals surface area contributed by atoms with Gasteiger partial charge in [-0.05, 0) is 70.4 Å². The van der Waals surface area contributed by atoms with Crippen LogP contribution in [-0.2, 0) is 11.2 Å². The molecule has 2 aliphatic heterocycles. The highest BCUT2D eigenvalue weighted by atomic mass is 16.6. The minimum atomic E-state index is -0.531. The number of ether oxygens (including phenoxy) is 2. The Morgan fingerprint density at radius 2 is 2.16 bits per heavy atom. The van der Waals surface area contributed by atoms with Crippen LogP contribution in [0.25, 0.3) is 5.57 Å². The van der Waals surface area contributed by atoms with Gasteiger partial charge in [0.2, 0.25) is 0 Å². The molecule has 0 fully saturated rings. The molecule has 1 aromatic carbocycles. The molecule has 1 amide bonds. The molecule has 0 saturated carbocycles. The quantitative estimate of drug-likeness (QED) is 0.850. The number of amides is 1. The van der Waals surface area contributed by atoms with Crippen LogP contribution in [0.1, 0.15) is 50.8 Å². The zero-order valence-corrected chi connectivity index (χ0v) is 15.8. The van der Waals surface area contributed by atoms with Crippen LogP contribution >= 0.6 is 0 Å². The normalized spacial score (nSPS) is 19.7. The van der Waals surface area contributed by atoms with E-state index in [9.17, 15) is 4.79 Å². The second-order valence-corrected chi connectivity index (χ2v) is 7.87. The molecule has 0 saturated heterocycles. The molecule has 0 spiro atoms.